The van der Waals surface area contributed by atoms with E-state index >= 15 is 0 Å². The van der Waals surface area contributed by atoms with Gasteiger partial charge in [0.05, 0.1) is 17.5 Å². The molecule has 0 aliphatic carbocycles. The third-order valence-corrected chi connectivity index (χ3v) is 5.20. The number of hydrogen-bond acceptors (Lipinski definition) is 5. The molecule has 1 atom stereocenters. The van der Waals surface area contributed by atoms with Gasteiger partial charge in [0.2, 0.25) is 0 Å². The highest BCUT2D eigenvalue weighted by Gasteiger charge is 2.11. The molecule has 5 nitrogen and oxygen atoms in total. The average molecular weight is 434 g/mol. The summed E-state index contributed by atoms with van der Waals surface area (Å²) in [5, 5.41) is 14.7. The van der Waals surface area contributed by atoms with Crippen LogP contribution < -0.4 is 10.1 Å². The van der Waals surface area contributed by atoms with E-state index in [1.807, 2.05) is 54.6 Å². The van der Waals surface area contributed by atoms with E-state index < -0.39 is 6.10 Å². The first-order chi connectivity index (χ1) is 15.0. The molecule has 4 rings (SSSR count). The number of aliphatic hydroxyl groups is 1. The van der Waals surface area contributed by atoms with E-state index in [0.717, 1.165) is 40.9 Å². The van der Waals surface area contributed by atoms with Crippen molar-refractivity contribution in [1.29, 1.82) is 0 Å². The third kappa shape index (κ3) is 4.95. The van der Waals surface area contributed by atoms with E-state index in [4.69, 9.17) is 16.3 Å². The van der Waals surface area contributed by atoms with E-state index in [0.29, 0.717) is 22.2 Å². The van der Waals surface area contributed by atoms with Crippen LogP contribution in [-0.4, -0.2) is 15.1 Å². The van der Waals surface area contributed by atoms with Gasteiger partial charge in [-0.1, -0.05) is 37.1 Å². The number of aromatic nitrogens is 2. The number of nitrogens with zero attached hydrogens (tertiary/aromatic N) is 2. The summed E-state index contributed by atoms with van der Waals surface area (Å²) >= 11 is 6.27. The minimum absolute atomic E-state index is 0.520. The Labute approximate surface area is 186 Å². The van der Waals surface area contributed by atoms with E-state index in [2.05, 4.69) is 22.2 Å². The molecule has 0 aliphatic rings. The zero-order valence-electron chi connectivity index (χ0n) is 17.5. The van der Waals surface area contributed by atoms with Gasteiger partial charge in [0, 0.05) is 22.3 Å². The van der Waals surface area contributed by atoms with Crippen molar-refractivity contribution in [3.05, 3.63) is 83.1 Å². The van der Waals surface area contributed by atoms with Crippen molar-refractivity contribution in [2.45, 2.75) is 32.8 Å². The number of aryl methyl sites for hydroxylation is 1. The van der Waals surface area contributed by atoms with E-state index in [9.17, 15) is 5.11 Å². The number of ether oxygens (including phenoxy) is 1. The van der Waals surface area contributed by atoms with Gasteiger partial charge in [0.15, 0.2) is 11.4 Å². The van der Waals surface area contributed by atoms with Gasteiger partial charge in [0.25, 0.3) is 0 Å². The molecule has 6 heteroatoms. The average Bonchev–Trinajstić information content (AvgIpc) is 2.76. The van der Waals surface area contributed by atoms with Crippen LogP contribution in [0.25, 0.3) is 11.0 Å². The standard InChI is InChI=1S/C25H24ClN3O2/c1-3-4-19-8-11-21-22(13-14-27-25(21)28-19)29-23-15-18(26)7-12-24(23)31-20-9-5-17(6-10-20)16(2)30/h5-16,30H,3-4H2,1-2H3,(H,27,28,29). The lowest BCUT2D eigenvalue weighted by atomic mass is 10.1. The predicted molar refractivity (Wildman–Crippen MR) is 125 cm³/mol. The van der Waals surface area contributed by atoms with Gasteiger partial charge in [-0.3, -0.25) is 0 Å². The van der Waals surface area contributed by atoms with Crippen molar-refractivity contribution >= 4 is 34.0 Å². The molecule has 0 radical (unpaired) electrons. The number of halogens is 1. The van der Waals surface area contributed by atoms with Crippen molar-refractivity contribution in [2.24, 2.45) is 0 Å². The molecule has 158 valence electrons. The van der Waals surface area contributed by atoms with Crippen molar-refractivity contribution < 1.29 is 9.84 Å². The Morgan fingerprint density at radius 1 is 1.03 bits per heavy atom. The van der Waals surface area contributed by atoms with Gasteiger partial charge in [-0.25, -0.2) is 9.97 Å². The second-order valence-corrected chi connectivity index (χ2v) is 7.83. The molecule has 0 fully saturated rings. The number of hydrogen-bond donors (Lipinski definition) is 2. The molecule has 0 saturated heterocycles. The number of fused-ring (bicyclic) bond motifs is 1. The van der Waals surface area contributed by atoms with Crippen LogP contribution in [0, 0.1) is 0 Å². The lowest BCUT2D eigenvalue weighted by Crippen LogP contribution is -1.98. The molecular weight excluding hydrogens is 410 g/mol. The fourth-order valence-electron chi connectivity index (χ4n) is 3.35. The van der Waals surface area contributed by atoms with Crippen LogP contribution in [0.2, 0.25) is 5.02 Å². The molecule has 0 amide bonds. The van der Waals surface area contributed by atoms with Crippen LogP contribution in [-0.2, 0) is 6.42 Å². The molecule has 4 aromatic rings. The number of benzene rings is 2. The maximum atomic E-state index is 9.70. The summed E-state index contributed by atoms with van der Waals surface area (Å²) in [6.07, 6.45) is 3.19. The zero-order valence-corrected chi connectivity index (χ0v) is 18.2. The number of pyridine rings is 2. The first kappa shape index (κ1) is 21.1. The Kier molecular flexibility index (Phi) is 6.35. The molecule has 0 saturated carbocycles. The predicted octanol–water partition coefficient (Wildman–Crippen LogP) is 6.82. The Hall–Kier alpha value is -3.15. The van der Waals surface area contributed by atoms with Crippen molar-refractivity contribution in [3.63, 3.8) is 0 Å². The maximum absolute atomic E-state index is 9.70. The van der Waals surface area contributed by atoms with Gasteiger partial charge in [-0.05, 0) is 67.4 Å². The van der Waals surface area contributed by atoms with Crippen molar-refractivity contribution in [3.8, 4) is 11.5 Å². The van der Waals surface area contributed by atoms with E-state index in [1.165, 1.54) is 0 Å². The van der Waals surface area contributed by atoms with Crippen LogP contribution >= 0.6 is 11.6 Å². The summed E-state index contributed by atoms with van der Waals surface area (Å²) in [6.45, 7) is 3.87. The number of nitrogens with one attached hydrogen (secondary N) is 1. The van der Waals surface area contributed by atoms with E-state index in [-0.39, 0.29) is 0 Å². The van der Waals surface area contributed by atoms with Gasteiger partial charge in [0.1, 0.15) is 5.75 Å². The normalized spacial score (nSPS) is 12.0. The van der Waals surface area contributed by atoms with Gasteiger partial charge >= 0.3 is 0 Å². The fourth-order valence-corrected chi connectivity index (χ4v) is 3.52. The molecule has 0 aliphatic heterocycles. The molecule has 2 aromatic carbocycles. The number of aliphatic hydroxyl groups excluding tert-OH is 1. The summed E-state index contributed by atoms with van der Waals surface area (Å²) in [5.41, 5.74) is 4.18. The molecule has 2 aromatic heterocycles. The van der Waals surface area contributed by atoms with Gasteiger partial charge < -0.3 is 15.2 Å². The molecule has 2 heterocycles. The molecule has 2 N–H and O–H groups in total. The maximum Gasteiger partial charge on any atom is 0.161 e. The molecule has 31 heavy (non-hydrogen) atoms. The Morgan fingerprint density at radius 2 is 1.84 bits per heavy atom. The van der Waals surface area contributed by atoms with Crippen LogP contribution in [0.1, 0.15) is 37.6 Å². The minimum Gasteiger partial charge on any atom is -0.455 e. The Balaban J connectivity index is 1.65. The second kappa shape index (κ2) is 9.33. The Bertz CT molecular complexity index is 1190. The molecule has 0 bridgehead atoms. The summed E-state index contributed by atoms with van der Waals surface area (Å²) in [6, 6.07) is 18.8. The summed E-state index contributed by atoms with van der Waals surface area (Å²) in [4.78, 5) is 9.10. The minimum atomic E-state index is -0.520. The van der Waals surface area contributed by atoms with E-state index in [1.54, 1.807) is 19.2 Å². The lowest BCUT2D eigenvalue weighted by Gasteiger charge is -2.15. The highest BCUT2D eigenvalue weighted by Crippen LogP contribution is 2.35. The second-order valence-electron chi connectivity index (χ2n) is 7.39. The zero-order chi connectivity index (χ0) is 21.8. The van der Waals surface area contributed by atoms with Crippen LogP contribution in [0.4, 0.5) is 11.4 Å². The van der Waals surface area contributed by atoms with Gasteiger partial charge in [-0.2, -0.15) is 0 Å². The van der Waals surface area contributed by atoms with Crippen LogP contribution in [0.3, 0.4) is 0 Å². The van der Waals surface area contributed by atoms with Crippen molar-refractivity contribution in [2.75, 3.05) is 5.32 Å². The molecule has 1 unspecified atom stereocenters. The molecule has 0 spiro atoms. The summed E-state index contributed by atoms with van der Waals surface area (Å²) in [5.74, 6) is 1.30. The quantitative estimate of drug-likeness (QED) is 0.334. The van der Waals surface area contributed by atoms with Crippen molar-refractivity contribution in [1.82, 2.24) is 9.97 Å². The largest absolute Gasteiger partial charge is 0.455 e. The smallest absolute Gasteiger partial charge is 0.161 e. The summed E-state index contributed by atoms with van der Waals surface area (Å²) < 4.78 is 6.10. The first-order valence-corrected chi connectivity index (χ1v) is 10.7. The summed E-state index contributed by atoms with van der Waals surface area (Å²) in [7, 11) is 0. The van der Waals surface area contributed by atoms with Crippen LogP contribution in [0.5, 0.6) is 11.5 Å². The fraction of sp³-hybridized carbons (Fsp3) is 0.200. The Morgan fingerprint density at radius 3 is 2.58 bits per heavy atom. The highest BCUT2D eigenvalue weighted by atomic mass is 35.5. The van der Waals surface area contributed by atoms with Crippen LogP contribution in [0.15, 0.2) is 66.9 Å². The lowest BCUT2D eigenvalue weighted by molar-refractivity contribution is 0.199. The molecular formula is C25H24ClN3O2. The topological polar surface area (TPSA) is 67.3 Å². The number of anilines is 2. The SMILES string of the molecule is CCCc1ccc2c(Nc3cc(Cl)ccc3Oc3ccc(C(C)O)cc3)ccnc2n1. The highest BCUT2D eigenvalue weighted by molar-refractivity contribution is 6.31. The monoisotopic (exact) mass is 433 g/mol. The first-order valence-electron chi connectivity index (χ1n) is 10.3. The van der Waals surface area contributed by atoms with Gasteiger partial charge in [-0.15, -0.1) is 0 Å². The third-order valence-electron chi connectivity index (χ3n) is 4.97. The number of rotatable bonds is 7.